The van der Waals surface area contributed by atoms with Crippen LogP contribution in [0.4, 0.5) is 5.69 Å². The van der Waals surface area contributed by atoms with Gasteiger partial charge in [-0.25, -0.2) is 0 Å². The number of primary amides is 1. The van der Waals surface area contributed by atoms with Crippen LogP contribution in [-0.4, -0.2) is 31.3 Å². The summed E-state index contributed by atoms with van der Waals surface area (Å²) in [5, 5.41) is 3.52. The van der Waals surface area contributed by atoms with Crippen molar-refractivity contribution in [2.45, 2.75) is 39.3 Å². The molecule has 0 aromatic heterocycles. The SMILES string of the molecule is CCOC1CC(Nc2ccc(OCC(N)=O)cc2)C1(C)C. The van der Waals surface area contributed by atoms with Crippen molar-refractivity contribution < 1.29 is 14.3 Å². The van der Waals surface area contributed by atoms with E-state index in [4.69, 9.17) is 15.2 Å². The van der Waals surface area contributed by atoms with Crippen LogP contribution in [0.25, 0.3) is 0 Å². The van der Waals surface area contributed by atoms with Crippen molar-refractivity contribution in [3.05, 3.63) is 24.3 Å². The molecular formula is C16H24N2O3. The number of nitrogens with two attached hydrogens (primary N) is 1. The molecule has 1 saturated carbocycles. The van der Waals surface area contributed by atoms with Crippen LogP contribution in [0.1, 0.15) is 27.2 Å². The van der Waals surface area contributed by atoms with Crippen LogP contribution in [0.5, 0.6) is 5.75 Å². The average molecular weight is 292 g/mol. The molecule has 0 aliphatic heterocycles. The van der Waals surface area contributed by atoms with Gasteiger partial charge in [-0.2, -0.15) is 0 Å². The van der Waals surface area contributed by atoms with E-state index in [2.05, 4.69) is 19.2 Å². The van der Waals surface area contributed by atoms with Crippen molar-refractivity contribution in [2.75, 3.05) is 18.5 Å². The Balaban J connectivity index is 1.88. The summed E-state index contributed by atoms with van der Waals surface area (Å²) in [6, 6.07) is 7.95. The molecule has 0 bridgehead atoms. The zero-order chi connectivity index (χ0) is 15.5. The van der Waals surface area contributed by atoms with Gasteiger partial charge in [0.1, 0.15) is 5.75 Å². The summed E-state index contributed by atoms with van der Waals surface area (Å²) >= 11 is 0. The van der Waals surface area contributed by atoms with E-state index in [1.807, 2.05) is 31.2 Å². The molecule has 21 heavy (non-hydrogen) atoms. The lowest BCUT2D eigenvalue weighted by atomic mass is 9.64. The molecule has 0 spiro atoms. The van der Waals surface area contributed by atoms with E-state index in [1.165, 1.54) is 0 Å². The van der Waals surface area contributed by atoms with Crippen molar-refractivity contribution in [1.29, 1.82) is 0 Å². The van der Waals surface area contributed by atoms with Crippen LogP contribution in [0.3, 0.4) is 0 Å². The molecule has 0 heterocycles. The standard InChI is InChI=1S/C16H24N2O3/c1-4-20-14-9-13(16(14,2)3)18-11-5-7-12(8-6-11)21-10-15(17)19/h5-8,13-14,18H,4,9-10H2,1-3H3,(H2,17,19). The van der Waals surface area contributed by atoms with E-state index in [1.54, 1.807) is 0 Å². The minimum atomic E-state index is -0.476. The Bertz CT molecular complexity index is 485. The maximum Gasteiger partial charge on any atom is 0.255 e. The molecule has 1 amide bonds. The van der Waals surface area contributed by atoms with E-state index in [0.717, 1.165) is 18.7 Å². The summed E-state index contributed by atoms with van der Waals surface area (Å²) in [5.74, 6) is 0.162. The second kappa shape index (κ2) is 6.35. The molecule has 0 saturated heterocycles. The van der Waals surface area contributed by atoms with Gasteiger partial charge in [0.25, 0.3) is 5.91 Å². The zero-order valence-corrected chi connectivity index (χ0v) is 12.9. The monoisotopic (exact) mass is 292 g/mol. The van der Waals surface area contributed by atoms with Crippen LogP contribution < -0.4 is 15.8 Å². The Morgan fingerprint density at radius 2 is 2.05 bits per heavy atom. The fourth-order valence-electron chi connectivity index (χ4n) is 2.62. The van der Waals surface area contributed by atoms with E-state index in [0.29, 0.717) is 17.9 Å². The molecule has 1 fully saturated rings. The summed E-state index contributed by atoms with van der Waals surface area (Å²) in [4.78, 5) is 10.7. The van der Waals surface area contributed by atoms with Gasteiger partial charge in [-0.15, -0.1) is 0 Å². The van der Waals surface area contributed by atoms with Crippen molar-refractivity contribution in [2.24, 2.45) is 11.1 Å². The highest BCUT2D eigenvalue weighted by atomic mass is 16.5. The van der Waals surface area contributed by atoms with Crippen LogP contribution in [-0.2, 0) is 9.53 Å². The summed E-state index contributed by atoms with van der Waals surface area (Å²) in [6.45, 7) is 7.13. The van der Waals surface area contributed by atoms with Crippen molar-refractivity contribution >= 4 is 11.6 Å². The van der Waals surface area contributed by atoms with E-state index >= 15 is 0 Å². The Morgan fingerprint density at radius 1 is 1.38 bits per heavy atom. The molecule has 116 valence electrons. The molecule has 2 atom stereocenters. The molecular weight excluding hydrogens is 268 g/mol. The van der Waals surface area contributed by atoms with Crippen molar-refractivity contribution in [3.63, 3.8) is 0 Å². The van der Waals surface area contributed by atoms with Gasteiger partial charge in [0.05, 0.1) is 6.10 Å². The number of rotatable bonds is 7. The minimum Gasteiger partial charge on any atom is -0.484 e. The molecule has 3 N–H and O–H groups in total. The third-order valence-corrected chi connectivity index (χ3v) is 4.12. The van der Waals surface area contributed by atoms with Crippen LogP contribution in [0, 0.1) is 5.41 Å². The van der Waals surface area contributed by atoms with Gasteiger partial charge < -0.3 is 20.5 Å². The first-order chi connectivity index (χ1) is 9.93. The fraction of sp³-hybridized carbons (Fsp3) is 0.562. The minimum absolute atomic E-state index is 0.0987. The van der Waals surface area contributed by atoms with Gasteiger partial charge in [-0.05, 0) is 37.6 Å². The first-order valence-corrected chi connectivity index (χ1v) is 7.32. The normalized spacial score (nSPS) is 23.2. The third kappa shape index (κ3) is 3.67. The number of carbonyl (C=O) groups is 1. The second-order valence-corrected chi connectivity index (χ2v) is 5.98. The Hall–Kier alpha value is -1.75. The van der Waals surface area contributed by atoms with Gasteiger partial charge in [-0.1, -0.05) is 13.8 Å². The molecule has 0 radical (unpaired) electrons. The number of carbonyl (C=O) groups excluding carboxylic acids is 1. The lowest BCUT2D eigenvalue weighted by molar-refractivity contribution is -0.119. The molecule has 2 rings (SSSR count). The van der Waals surface area contributed by atoms with E-state index in [-0.39, 0.29) is 12.0 Å². The van der Waals surface area contributed by atoms with Crippen molar-refractivity contribution in [1.82, 2.24) is 0 Å². The topological polar surface area (TPSA) is 73.6 Å². The summed E-state index contributed by atoms with van der Waals surface area (Å²) in [5.41, 5.74) is 6.20. The smallest absolute Gasteiger partial charge is 0.255 e. The van der Waals surface area contributed by atoms with Gasteiger partial charge in [0.15, 0.2) is 6.61 Å². The Kier molecular flexibility index (Phi) is 4.73. The van der Waals surface area contributed by atoms with Gasteiger partial charge in [-0.3, -0.25) is 4.79 Å². The highest BCUT2D eigenvalue weighted by molar-refractivity contribution is 5.75. The average Bonchev–Trinajstić information content (AvgIpc) is 2.45. The summed E-state index contributed by atoms with van der Waals surface area (Å²) in [6.07, 6.45) is 1.33. The number of amides is 1. The first kappa shape index (κ1) is 15.6. The van der Waals surface area contributed by atoms with Gasteiger partial charge in [0, 0.05) is 23.8 Å². The van der Waals surface area contributed by atoms with Gasteiger partial charge in [0.2, 0.25) is 0 Å². The van der Waals surface area contributed by atoms with E-state index in [9.17, 15) is 4.79 Å². The fourth-order valence-corrected chi connectivity index (χ4v) is 2.62. The first-order valence-electron chi connectivity index (χ1n) is 7.32. The highest BCUT2D eigenvalue weighted by Gasteiger charge is 2.48. The number of hydrogen-bond donors (Lipinski definition) is 2. The lowest BCUT2D eigenvalue weighted by Crippen LogP contribution is -2.58. The predicted octanol–water partition coefficient (Wildman–Crippen LogP) is 2.17. The molecule has 5 heteroatoms. The predicted molar refractivity (Wildman–Crippen MR) is 82.4 cm³/mol. The number of anilines is 1. The molecule has 5 nitrogen and oxygen atoms in total. The summed E-state index contributed by atoms with van der Waals surface area (Å²) < 4.78 is 11.0. The number of ether oxygens (including phenoxy) is 2. The van der Waals surface area contributed by atoms with Crippen molar-refractivity contribution in [3.8, 4) is 5.75 Å². The van der Waals surface area contributed by atoms with Crippen LogP contribution in [0.15, 0.2) is 24.3 Å². The quantitative estimate of drug-likeness (QED) is 0.807. The largest absolute Gasteiger partial charge is 0.484 e. The molecule has 1 aliphatic carbocycles. The number of nitrogens with one attached hydrogen (secondary N) is 1. The molecule has 1 aliphatic rings. The van der Waals surface area contributed by atoms with Gasteiger partial charge >= 0.3 is 0 Å². The Morgan fingerprint density at radius 3 is 2.57 bits per heavy atom. The molecule has 1 aromatic carbocycles. The molecule has 2 unspecified atom stereocenters. The highest BCUT2D eigenvalue weighted by Crippen LogP contribution is 2.44. The summed E-state index contributed by atoms with van der Waals surface area (Å²) in [7, 11) is 0. The number of benzene rings is 1. The maximum absolute atomic E-state index is 10.7. The zero-order valence-electron chi connectivity index (χ0n) is 12.9. The second-order valence-electron chi connectivity index (χ2n) is 5.98. The molecule has 1 aromatic rings. The van der Waals surface area contributed by atoms with Crippen LogP contribution >= 0.6 is 0 Å². The maximum atomic E-state index is 10.7. The van der Waals surface area contributed by atoms with Crippen LogP contribution in [0.2, 0.25) is 0 Å². The number of hydrogen-bond acceptors (Lipinski definition) is 4. The third-order valence-electron chi connectivity index (χ3n) is 4.12. The lowest BCUT2D eigenvalue weighted by Gasteiger charge is -2.52. The van der Waals surface area contributed by atoms with E-state index < -0.39 is 5.91 Å². The Labute approximate surface area is 125 Å².